The van der Waals surface area contributed by atoms with Crippen molar-refractivity contribution in [2.45, 2.75) is 64.7 Å². The van der Waals surface area contributed by atoms with Gasteiger partial charge in [0.15, 0.2) is 0 Å². The highest BCUT2D eigenvalue weighted by molar-refractivity contribution is 6.14. The number of fused-ring (bicyclic) bond motifs is 1. The smallest absolute Gasteiger partial charge is 0.140 e. The predicted molar refractivity (Wildman–Crippen MR) is 157 cm³/mol. The van der Waals surface area contributed by atoms with Crippen LogP contribution in [0.1, 0.15) is 90.5 Å². The second kappa shape index (κ2) is 7.35. The SMILES string of the molecule is CCC(C)c1cc2c3c(c1)C(c1ccco1)(c1ccco1)c1cc(C)cc4c5cc(C)cc(c5n-3c14)C2(C)C. The summed E-state index contributed by atoms with van der Waals surface area (Å²) in [6.45, 7) is 13.9. The van der Waals surface area contributed by atoms with Gasteiger partial charge in [-0.05, 0) is 79.3 Å². The highest BCUT2D eigenvalue weighted by atomic mass is 16.3. The number of hydrogen-bond donors (Lipinski definition) is 0. The molecular formula is C36H33NO2. The molecule has 8 rings (SSSR count). The van der Waals surface area contributed by atoms with E-state index < -0.39 is 5.41 Å². The number of furan rings is 2. The molecule has 194 valence electrons. The van der Waals surface area contributed by atoms with Crippen LogP contribution in [0.4, 0.5) is 0 Å². The Balaban J connectivity index is 1.73. The molecule has 0 saturated carbocycles. The molecule has 0 aliphatic carbocycles. The fourth-order valence-corrected chi connectivity index (χ4v) is 7.65. The van der Waals surface area contributed by atoms with E-state index in [1.807, 2.05) is 12.1 Å². The van der Waals surface area contributed by atoms with Crippen molar-refractivity contribution < 1.29 is 8.83 Å². The van der Waals surface area contributed by atoms with E-state index in [9.17, 15) is 0 Å². The van der Waals surface area contributed by atoms with Crippen LogP contribution < -0.4 is 0 Å². The van der Waals surface area contributed by atoms with Crippen molar-refractivity contribution in [3.05, 3.63) is 124 Å². The predicted octanol–water partition coefficient (Wildman–Crippen LogP) is 9.44. The minimum Gasteiger partial charge on any atom is -0.468 e. The first-order chi connectivity index (χ1) is 18.8. The van der Waals surface area contributed by atoms with Crippen molar-refractivity contribution in [3.8, 4) is 5.69 Å². The minimum atomic E-state index is -0.710. The van der Waals surface area contributed by atoms with Crippen LogP contribution in [0.25, 0.3) is 27.5 Å². The Morgan fingerprint density at radius 3 is 1.87 bits per heavy atom. The maximum absolute atomic E-state index is 6.40. The molecule has 3 aromatic carbocycles. The van der Waals surface area contributed by atoms with Crippen molar-refractivity contribution in [1.82, 2.24) is 4.57 Å². The first kappa shape index (κ1) is 23.0. The standard InChI is InChI=1S/C36H33NO2/c1-7-22(4)23-18-27-34-29(19-23)36(30-10-8-12-38-30,31-11-9-13-39-31)28-17-21(3)15-25-24-14-20(2)16-26(35(27,5)6)32(24)37(34)33(25)28/h8-19,22H,7H2,1-6H3. The fraction of sp³-hybridized carbons (Fsp3) is 0.278. The molecule has 0 bridgehead atoms. The van der Waals surface area contributed by atoms with Crippen LogP contribution in [0.5, 0.6) is 0 Å². The van der Waals surface area contributed by atoms with E-state index in [0.29, 0.717) is 5.92 Å². The van der Waals surface area contributed by atoms with Crippen molar-refractivity contribution in [1.29, 1.82) is 0 Å². The van der Waals surface area contributed by atoms with Gasteiger partial charge >= 0.3 is 0 Å². The number of benzene rings is 3. The van der Waals surface area contributed by atoms with Gasteiger partial charge in [-0.15, -0.1) is 0 Å². The third-order valence-corrected chi connectivity index (χ3v) is 9.72. The Labute approximate surface area is 229 Å². The summed E-state index contributed by atoms with van der Waals surface area (Å²) in [5.74, 6) is 2.21. The molecule has 6 aromatic rings. The molecule has 0 radical (unpaired) electrons. The number of aryl methyl sites for hydroxylation is 2. The zero-order valence-corrected chi connectivity index (χ0v) is 23.5. The Morgan fingerprint density at radius 2 is 1.31 bits per heavy atom. The number of aromatic nitrogens is 1. The Morgan fingerprint density at radius 1 is 0.744 bits per heavy atom. The molecule has 0 amide bonds. The topological polar surface area (TPSA) is 31.2 Å². The summed E-state index contributed by atoms with van der Waals surface area (Å²) in [6, 6.07) is 22.7. The summed E-state index contributed by atoms with van der Waals surface area (Å²) in [5, 5.41) is 2.63. The third kappa shape index (κ3) is 2.59. The highest BCUT2D eigenvalue weighted by Gasteiger charge is 2.52. The van der Waals surface area contributed by atoms with E-state index in [2.05, 4.69) is 94.6 Å². The summed E-state index contributed by atoms with van der Waals surface area (Å²) < 4.78 is 15.4. The molecular weight excluding hydrogens is 478 g/mol. The molecule has 2 aliphatic rings. The van der Waals surface area contributed by atoms with Crippen LogP contribution in [-0.2, 0) is 10.8 Å². The average molecular weight is 512 g/mol. The fourth-order valence-electron chi connectivity index (χ4n) is 7.65. The van der Waals surface area contributed by atoms with Crippen LogP contribution in [0.2, 0.25) is 0 Å². The lowest BCUT2D eigenvalue weighted by Crippen LogP contribution is -2.38. The molecule has 5 heterocycles. The van der Waals surface area contributed by atoms with Crippen molar-refractivity contribution >= 4 is 21.8 Å². The van der Waals surface area contributed by atoms with Crippen LogP contribution >= 0.6 is 0 Å². The van der Waals surface area contributed by atoms with Crippen LogP contribution in [0.3, 0.4) is 0 Å². The lowest BCUT2D eigenvalue weighted by atomic mass is 9.64. The van der Waals surface area contributed by atoms with E-state index in [1.165, 1.54) is 66.4 Å². The van der Waals surface area contributed by atoms with Crippen molar-refractivity contribution in [3.63, 3.8) is 0 Å². The number of rotatable bonds is 4. The van der Waals surface area contributed by atoms with Gasteiger partial charge in [-0.3, -0.25) is 0 Å². The molecule has 0 saturated heterocycles. The second-order valence-corrected chi connectivity index (χ2v) is 12.4. The van der Waals surface area contributed by atoms with E-state index >= 15 is 0 Å². The maximum Gasteiger partial charge on any atom is 0.140 e. The molecule has 3 nitrogen and oxygen atoms in total. The molecule has 0 spiro atoms. The minimum absolute atomic E-state index is 0.174. The number of hydrogen-bond acceptors (Lipinski definition) is 2. The molecule has 2 aliphatic heterocycles. The Hall–Kier alpha value is -3.98. The van der Waals surface area contributed by atoms with E-state index in [-0.39, 0.29) is 5.41 Å². The monoisotopic (exact) mass is 511 g/mol. The average Bonchev–Trinajstić information content (AvgIpc) is 3.69. The molecule has 0 fully saturated rings. The lowest BCUT2D eigenvalue weighted by molar-refractivity contribution is 0.396. The van der Waals surface area contributed by atoms with E-state index in [1.54, 1.807) is 12.5 Å². The maximum atomic E-state index is 6.40. The summed E-state index contributed by atoms with van der Waals surface area (Å²) in [5.41, 5.74) is 12.2. The molecule has 0 N–H and O–H groups in total. The molecule has 1 atom stereocenters. The van der Waals surface area contributed by atoms with Gasteiger partial charge in [0.05, 0.1) is 29.2 Å². The van der Waals surface area contributed by atoms with Gasteiger partial charge in [0.25, 0.3) is 0 Å². The Bertz CT molecular complexity index is 1910. The summed E-state index contributed by atoms with van der Waals surface area (Å²) in [6.07, 6.45) is 4.68. The van der Waals surface area contributed by atoms with Gasteiger partial charge < -0.3 is 13.4 Å². The summed E-state index contributed by atoms with van der Waals surface area (Å²) in [4.78, 5) is 0. The van der Waals surface area contributed by atoms with Crippen LogP contribution in [0.15, 0.2) is 82.0 Å². The van der Waals surface area contributed by atoms with Gasteiger partial charge in [0.2, 0.25) is 0 Å². The lowest BCUT2D eigenvalue weighted by Gasteiger charge is -2.44. The normalized spacial score (nSPS) is 16.9. The highest BCUT2D eigenvalue weighted by Crippen LogP contribution is 2.60. The zero-order chi connectivity index (χ0) is 26.8. The van der Waals surface area contributed by atoms with Gasteiger partial charge in [-0.1, -0.05) is 63.1 Å². The van der Waals surface area contributed by atoms with Gasteiger partial charge in [0.1, 0.15) is 16.9 Å². The third-order valence-electron chi connectivity index (χ3n) is 9.72. The molecule has 3 aromatic heterocycles. The van der Waals surface area contributed by atoms with Crippen LogP contribution in [-0.4, -0.2) is 4.57 Å². The summed E-state index contributed by atoms with van der Waals surface area (Å²) in [7, 11) is 0. The van der Waals surface area contributed by atoms with Crippen molar-refractivity contribution in [2.75, 3.05) is 0 Å². The van der Waals surface area contributed by atoms with Gasteiger partial charge in [-0.2, -0.15) is 0 Å². The second-order valence-electron chi connectivity index (χ2n) is 12.4. The van der Waals surface area contributed by atoms with E-state index in [4.69, 9.17) is 8.83 Å². The largest absolute Gasteiger partial charge is 0.468 e. The van der Waals surface area contributed by atoms with E-state index in [0.717, 1.165) is 17.9 Å². The van der Waals surface area contributed by atoms with Gasteiger partial charge in [-0.25, -0.2) is 0 Å². The van der Waals surface area contributed by atoms with Gasteiger partial charge in [0, 0.05) is 27.3 Å². The molecule has 3 heteroatoms. The first-order valence-electron chi connectivity index (χ1n) is 14.2. The van der Waals surface area contributed by atoms with Crippen molar-refractivity contribution in [2.24, 2.45) is 0 Å². The summed E-state index contributed by atoms with van der Waals surface area (Å²) >= 11 is 0. The molecule has 39 heavy (non-hydrogen) atoms. The molecule has 1 unspecified atom stereocenters. The van der Waals surface area contributed by atoms with Crippen LogP contribution in [0, 0.1) is 13.8 Å². The quantitative estimate of drug-likeness (QED) is 0.236. The zero-order valence-electron chi connectivity index (χ0n) is 23.5. The Kier molecular flexibility index (Phi) is 4.33. The number of nitrogens with zero attached hydrogens (tertiary/aromatic N) is 1. The first-order valence-corrected chi connectivity index (χ1v) is 14.2.